The zero-order valence-electron chi connectivity index (χ0n) is 17.7. The van der Waals surface area contributed by atoms with Crippen LogP contribution in [0.15, 0.2) is 36.5 Å². The van der Waals surface area contributed by atoms with E-state index in [4.69, 9.17) is 9.47 Å². The minimum Gasteiger partial charge on any atom is -0.494 e. The molecule has 156 valence electrons. The standard InChI is InChI=1S/C23H24FN3O3/c1-6-30-23(28)21-16-11-18-14(12-25-26(18)4)9-19(16)27(22(21)13(2)3)15-7-8-17(24)20(10-15)29-5/h7-13H,6H2,1-5H3. The SMILES string of the molecule is CCOC(=O)c1c(C(C)C)n(-c2ccc(F)c(OC)c2)c2cc3cnn(C)c3cc12. The van der Waals surface area contributed by atoms with E-state index in [2.05, 4.69) is 5.10 Å². The van der Waals surface area contributed by atoms with Crippen molar-refractivity contribution < 1.29 is 18.7 Å². The first-order valence-corrected chi connectivity index (χ1v) is 9.88. The lowest BCUT2D eigenvalue weighted by molar-refractivity contribution is 0.0527. The van der Waals surface area contributed by atoms with Gasteiger partial charge < -0.3 is 14.0 Å². The van der Waals surface area contributed by atoms with Crippen molar-refractivity contribution in [2.75, 3.05) is 13.7 Å². The number of carbonyl (C=O) groups is 1. The van der Waals surface area contributed by atoms with Gasteiger partial charge in [0.25, 0.3) is 0 Å². The Labute approximate surface area is 173 Å². The molecule has 0 aliphatic rings. The van der Waals surface area contributed by atoms with Crippen LogP contribution < -0.4 is 4.74 Å². The molecule has 0 fully saturated rings. The van der Waals surface area contributed by atoms with Gasteiger partial charge in [-0.25, -0.2) is 9.18 Å². The Balaban J connectivity index is 2.16. The average molecular weight is 409 g/mol. The van der Waals surface area contributed by atoms with Crippen molar-refractivity contribution in [1.82, 2.24) is 14.3 Å². The molecule has 0 aliphatic heterocycles. The van der Waals surface area contributed by atoms with E-state index in [0.29, 0.717) is 11.3 Å². The normalized spacial score (nSPS) is 11.6. The first kappa shape index (κ1) is 19.9. The fourth-order valence-electron chi connectivity index (χ4n) is 3.98. The molecule has 4 aromatic rings. The van der Waals surface area contributed by atoms with Gasteiger partial charge in [0.1, 0.15) is 0 Å². The highest BCUT2D eigenvalue weighted by molar-refractivity contribution is 6.10. The summed E-state index contributed by atoms with van der Waals surface area (Å²) in [5.41, 5.74) is 3.78. The van der Waals surface area contributed by atoms with Gasteiger partial charge in [0, 0.05) is 35.3 Å². The molecule has 2 aromatic carbocycles. The summed E-state index contributed by atoms with van der Waals surface area (Å²) in [7, 11) is 3.30. The van der Waals surface area contributed by atoms with Crippen LogP contribution in [0.4, 0.5) is 4.39 Å². The van der Waals surface area contributed by atoms with Crippen molar-refractivity contribution in [3.05, 3.63) is 53.6 Å². The zero-order chi connectivity index (χ0) is 21.6. The number of fused-ring (bicyclic) bond motifs is 2. The van der Waals surface area contributed by atoms with Gasteiger partial charge in [-0.2, -0.15) is 5.10 Å². The summed E-state index contributed by atoms with van der Waals surface area (Å²) in [6.07, 6.45) is 1.79. The number of aryl methyl sites for hydroxylation is 1. The van der Waals surface area contributed by atoms with E-state index in [9.17, 15) is 9.18 Å². The highest BCUT2D eigenvalue weighted by Gasteiger charge is 2.27. The molecule has 0 N–H and O–H groups in total. The van der Waals surface area contributed by atoms with Gasteiger partial charge in [0.05, 0.1) is 36.5 Å². The van der Waals surface area contributed by atoms with Gasteiger partial charge in [0.15, 0.2) is 11.6 Å². The number of benzene rings is 2. The maximum Gasteiger partial charge on any atom is 0.340 e. The van der Waals surface area contributed by atoms with Crippen LogP contribution in [0.25, 0.3) is 27.5 Å². The van der Waals surface area contributed by atoms with E-state index < -0.39 is 5.82 Å². The number of hydrogen-bond acceptors (Lipinski definition) is 4. The minimum absolute atomic E-state index is 0.00842. The zero-order valence-corrected chi connectivity index (χ0v) is 17.7. The number of ether oxygens (including phenoxy) is 2. The Bertz CT molecular complexity index is 1270. The van der Waals surface area contributed by atoms with Crippen LogP contribution in [0.5, 0.6) is 5.75 Å². The van der Waals surface area contributed by atoms with E-state index in [1.54, 1.807) is 29.9 Å². The fourth-order valence-corrected chi connectivity index (χ4v) is 3.98. The van der Waals surface area contributed by atoms with E-state index in [1.165, 1.54) is 13.2 Å². The molecule has 6 nitrogen and oxygen atoms in total. The number of halogens is 1. The van der Waals surface area contributed by atoms with Crippen molar-refractivity contribution in [3.63, 3.8) is 0 Å². The largest absolute Gasteiger partial charge is 0.494 e. The number of methoxy groups -OCH3 is 1. The third-order valence-corrected chi connectivity index (χ3v) is 5.29. The summed E-state index contributed by atoms with van der Waals surface area (Å²) in [4.78, 5) is 13.0. The monoisotopic (exact) mass is 409 g/mol. The molecule has 0 spiro atoms. The lowest BCUT2D eigenvalue weighted by atomic mass is 10.0. The summed E-state index contributed by atoms with van der Waals surface area (Å²) < 4.78 is 28.4. The maximum absolute atomic E-state index is 14.1. The molecule has 30 heavy (non-hydrogen) atoms. The van der Waals surface area contributed by atoms with Crippen LogP contribution in [-0.4, -0.2) is 34.0 Å². The van der Waals surface area contributed by atoms with Gasteiger partial charge in [-0.05, 0) is 37.1 Å². The molecule has 2 heterocycles. The van der Waals surface area contributed by atoms with Crippen LogP contribution in [0.3, 0.4) is 0 Å². The first-order chi connectivity index (χ1) is 14.4. The van der Waals surface area contributed by atoms with Crippen molar-refractivity contribution in [3.8, 4) is 11.4 Å². The second-order valence-electron chi connectivity index (χ2n) is 7.49. The molecule has 4 rings (SSSR count). The molecule has 7 heteroatoms. The molecule has 0 atom stereocenters. The molecule has 0 bridgehead atoms. The fraction of sp³-hybridized carbons (Fsp3) is 0.304. The highest BCUT2D eigenvalue weighted by atomic mass is 19.1. The summed E-state index contributed by atoms with van der Waals surface area (Å²) in [6.45, 7) is 6.11. The molecule has 0 aliphatic carbocycles. The van der Waals surface area contributed by atoms with Crippen LogP contribution in [-0.2, 0) is 11.8 Å². The smallest absolute Gasteiger partial charge is 0.340 e. The van der Waals surface area contributed by atoms with Gasteiger partial charge in [-0.1, -0.05) is 13.8 Å². The second kappa shape index (κ2) is 7.48. The molecular formula is C23H24FN3O3. The molecule has 0 unspecified atom stereocenters. The maximum atomic E-state index is 14.1. The molecular weight excluding hydrogens is 385 g/mol. The first-order valence-electron chi connectivity index (χ1n) is 9.88. The lowest BCUT2D eigenvalue weighted by Crippen LogP contribution is -2.11. The number of esters is 1. The summed E-state index contributed by atoms with van der Waals surface area (Å²) in [5, 5.41) is 6.05. The van der Waals surface area contributed by atoms with E-state index in [0.717, 1.165) is 27.5 Å². The molecule has 0 saturated heterocycles. The van der Waals surface area contributed by atoms with Crippen LogP contribution >= 0.6 is 0 Å². The van der Waals surface area contributed by atoms with Crippen molar-refractivity contribution >= 4 is 27.8 Å². The van der Waals surface area contributed by atoms with E-state index in [1.807, 2.05) is 37.6 Å². The predicted octanol–water partition coefficient (Wildman–Crippen LogP) is 4.97. The minimum atomic E-state index is -0.441. The summed E-state index contributed by atoms with van der Waals surface area (Å²) >= 11 is 0. The van der Waals surface area contributed by atoms with Gasteiger partial charge in [0.2, 0.25) is 0 Å². The average Bonchev–Trinajstić information content (AvgIpc) is 3.25. The predicted molar refractivity (Wildman–Crippen MR) is 114 cm³/mol. The Morgan fingerprint density at radius 1 is 1.20 bits per heavy atom. The molecule has 0 saturated carbocycles. The van der Waals surface area contributed by atoms with Gasteiger partial charge in [-0.3, -0.25) is 4.68 Å². The van der Waals surface area contributed by atoms with Crippen molar-refractivity contribution in [2.24, 2.45) is 7.05 Å². The summed E-state index contributed by atoms with van der Waals surface area (Å²) in [5.74, 6) is -0.664. The third kappa shape index (κ3) is 3.01. The number of rotatable bonds is 5. The van der Waals surface area contributed by atoms with Crippen LogP contribution in [0, 0.1) is 5.82 Å². The van der Waals surface area contributed by atoms with Gasteiger partial charge in [-0.15, -0.1) is 0 Å². The van der Waals surface area contributed by atoms with Crippen LogP contribution in [0.1, 0.15) is 42.7 Å². The number of hydrogen-bond donors (Lipinski definition) is 0. The van der Waals surface area contributed by atoms with Crippen molar-refractivity contribution in [1.29, 1.82) is 0 Å². The number of nitrogens with zero attached hydrogens (tertiary/aromatic N) is 3. The van der Waals surface area contributed by atoms with Crippen molar-refractivity contribution in [2.45, 2.75) is 26.7 Å². The molecule has 2 aromatic heterocycles. The Morgan fingerprint density at radius 3 is 2.63 bits per heavy atom. The van der Waals surface area contributed by atoms with E-state index in [-0.39, 0.29) is 24.2 Å². The second-order valence-corrected chi connectivity index (χ2v) is 7.49. The van der Waals surface area contributed by atoms with Gasteiger partial charge >= 0.3 is 5.97 Å². The molecule has 0 amide bonds. The van der Waals surface area contributed by atoms with Crippen LogP contribution in [0.2, 0.25) is 0 Å². The number of aromatic nitrogens is 3. The third-order valence-electron chi connectivity index (χ3n) is 5.29. The quantitative estimate of drug-likeness (QED) is 0.437. The highest BCUT2D eigenvalue weighted by Crippen LogP contribution is 2.37. The van der Waals surface area contributed by atoms with E-state index >= 15 is 0 Å². The number of carbonyl (C=O) groups excluding carboxylic acids is 1. The Morgan fingerprint density at radius 2 is 1.97 bits per heavy atom. The topological polar surface area (TPSA) is 58.3 Å². The molecule has 0 radical (unpaired) electrons. The summed E-state index contributed by atoms with van der Waals surface area (Å²) in [6, 6.07) is 8.67. The Kier molecular flexibility index (Phi) is 4.97. The lowest BCUT2D eigenvalue weighted by Gasteiger charge is -2.16. The Hall–Kier alpha value is -3.35.